The van der Waals surface area contributed by atoms with Crippen LogP contribution in [0.3, 0.4) is 0 Å². The van der Waals surface area contributed by atoms with E-state index in [0.717, 1.165) is 24.1 Å². The third-order valence-corrected chi connectivity index (χ3v) is 8.26. The van der Waals surface area contributed by atoms with Gasteiger partial charge in [-0.2, -0.15) is 0 Å². The molecule has 0 saturated carbocycles. The van der Waals surface area contributed by atoms with Crippen LogP contribution < -0.4 is 5.69 Å². The first-order valence-corrected chi connectivity index (χ1v) is 15.1. The van der Waals surface area contributed by atoms with Crippen LogP contribution in [-0.2, 0) is 29.2 Å². The fourth-order valence-corrected chi connectivity index (χ4v) is 5.89. The van der Waals surface area contributed by atoms with Crippen molar-refractivity contribution < 1.29 is 19.4 Å². The number of likely N-dealkylation sites (tertiary alicyclic amines) is 1. The van der Waals surface area contributed by atoms with Crippen molar-refractivity contribution in [3.8, 4) is 0 Å². The van der Waals surface area contributed by atoms with E-state index in [-0.39, 0.29) is 36.9 Å². The number of aromatic nitrogens is 2. The van der Waals surface area contributed by atoms with Crippen molar-refractivity contribution in [1.82, 2.24) is 18.9 Å². The number of imidazole rings is 1. The predicted molar refractivity (Wildman–Crippen MR) is 166 cm³/mol. The van der Waals surface area contributed by atoms with Crippen LogP contribution in [0.5, 0.6) is 0 Å². The zero-order valence-corrected chi connectivity index (χ0v) is 24.7. The quantitative estimate of drug-likeness (QED) is 0.235. The van der Waals surface area contributed by atoms with Crippen LogP contribution in [0, 0.1) is 0 Å². The lowest BCUT2D eigenvalue weighted by Gasteiger charge is -2.33. The van der Waals surface area contributed by atoms with E-state index in [2.05, 4.69) is 36.1 Å². The summed E-state index contributed by atoms with van der Waals surface area (Å²) in [4.78, 5) is 41.6. The highest BCUT2D eigenvalue weighted by atomic mass is 16.6. The lowest BCUT2D eigenvalue weighted by atomic mass is 10.0. The van der Waals surface area contributed by atoms with Gasteiger partial charge in [0, 0.05) is 51.2 Å². The molecule has 1 saturated heterocycles. The molecule has 1 N–H and O–H groups in total. The Bertz CT molecular complexity index is 1520. The van der Waals surface area contributed by atoms with Gasteiger partial charge in [0.2, 0.25) is 0 Å². The van der Waals surface area contributed by atoms with Crippen LogP contribution in [0.25, 0.3) is 11.0 Å². The Morgan fingerprint density at radius 1 is 0.884 bits per heavy atom. The van der Waals surface area contributed by atoms with Gasteiger partial charge in [-0.25, -0.2) is 9.59 Å². The summed E-state index contributed by atoms with van der Waals surface area (Å²) in [5.41, 5.74) is 3.94. The second-order valence-electron chi connectivity index (χ2n) is 11.3. The van der Waals surface area contributed by atoms with Crippen molar-refractivity contribution in [1.29, 1.82) is 0 Å². The summed E-state index contributed by atoms with van der Waals surface area (Å²) in [6.45, 7) is 5.22. The van der Waals surface area contributed by atoms with Crippen LogP contribution in [0.1, 0.15) is 49.8 Å². The molecule has 0 spiro atoms. The molecule has 1 atom stereocenters. The summed E-state index contributed by atoms with van der Waals surface area (Å²) < 4.78 is 9.33. The van der Waals surface area contributed by atoms with Gasteiger partial charge in [0.1, 0.15) is 6.61 Å². The van der Waals surface area contributed by atoms with Crippen molar-refractivity contribution >= 4 is 23.1 Å². The van der Waals surface area contributed by atoms with Gasteiger partial charge in [0.15, 0.2) is 0 Å². The van der Waals surface area contributed by atoms with Crippen LogP contribution in [0.2, 0.25) is 0 Å². The molecular weight excluding hydrogens is 544 g/mol. The number of benzene rings is 3. The number of ether oxygens (including phenoxy) is 1. The fourth-order valence-electron chi connectivity index (χ4n) is 5.89. The number of para-hydroxylation sites is 2. The van der Waals surface area contributed by atoms with Gasteiger partial charge < -0.3 is 14.7 Å². The predicted octanol–water partition coefficient (Wildman–Crippen LogP) is 5.53. The summed E-state index contributed by atoms with van der Waals surface area (Å²) in [5, 5.41) is 9.03. The number of carboxylic acids is 1. The van der Waals surface area contributed by atoms with Gasteiger partial charge >= 0.3 is 17.8 Å². The Morgan fingerprint density at radius 2 is 1.44 bits per heavy atom. The number of aliphatic carboxylic acids is 1. The molecule has 0 unspecified atom stereocenters. The number of nitrogens with zero attached hydrogens (tertiary/aromatic N) is 4. The molecule has 5 rings (SSSR count). The maximum absolute atomic E-state index is 13.5. The second-order valence-corrected chi connectivity index (χ2v) is 11.3. The first kappa shape index (κ1) is 30.1. The van der Waals surface area contributed by atoms with Crippen LogP contribution >= 0.6 is 0 Å². The molecule has 1 amide bonds. The number of amides is 1. The van der Waals surface area contributed by atoms with E-state index in [4.69, 9.17) is 9.84 Å². The van der Waals surface area contributed by atoms with Crippen LogP contribution in [0.15, 0.2) is 89.7 Å². The fraction of sp³-hybridized carbons (Fsp3) is 0.382. The molecule has 0 bridgehead atoms. The monoisotopic (exact) mass is 584 g/mol. The molecule has 1 aliphatic heterocycles. The van der Waals surface area contributed by atoms with Crippen molar-refractivity contribution in [2.75, 3.05) is 19.7 Å². The van der Waals surface area contributed by atoms with Crippen molar-refractivity contribution in [2.45, 2.75) is 64.3 Å². The first-order chi connectivity index (χ1) is 20.9. The van der Waals surface area contributed by atoms with E-state index >= 15 is 0 Å². The van der Waals surface area contributed by atoms with Crippen molar-refractivity contribution in [3.63, 3.8) is 0 Å². The molecule has 4 aromatic rings. The molecule has 9 heteroatoms. The Balaban J connectivity index is 1.19. The van der Waals surface area contributed by atoms with Gasteiger partial charge in [-0.15, -0.1) is 0 Å². The van der Waals surface area contributed by atoms with Gasteiger partial charge in [0.25, 0.3) is 0 Å². The topological polar surface area (TPSA) is 97.0 Å². The highest BCUT2D eigenvalue weighted by molar-refractivity contribution is 5.76. The number of fused-ring (bicyclic) bond motifs is 1. The van der Waals surface area contributed by atoms with Gasteiger partial charge in [0.05, 0.1) is 11.0 Å². The maximum atomic E-state index is 13.5. The SMILES string of the molecule is C[C@@H](COC(=O)N1CCC(n2c(=O)n(CCCC(=O)O)c3ccccc32)CC1)N(Cc1ccccc1)Cc1ccccc1. The largest absolute Gasteiger partial charge is 0.481 e. The highest BCUT2D eigenvalue weighted by Crippen LogP contribution is 2.26. The smallest absolute Gasteiger partial charge is 0.409 e. The van der Waals surface area contributed by atoms with E-state index in [1.54, 1.807) is 9.47 Å². The minimum absolute atomic E-state index is 0.00716. The molecule has 9 nitrogen and oxygen atoms in total. The molecule has 1 aliphatic rings. The summed E-state index contributed by atoms with van der Waals surface area (Å²) in [7, 11) is 0. The number of hydrogen-bond donors (Lipinski definition) is 1. The number of piperidine rings is 1. The Labute approximate surface area is 251 Å². The molecule has 43 heavy (non-hydrogen) atoms. The lowest BCUT2D eigenvalue weighted by Crippen LogP contribution is -2.43. The average molecular weight is 585 g/mol. The zero-order chi connectivity index (χ0) is 30.2. The minimum atomic E-state index is -0.870. The molecule has 0 aliphatic carbocycles. The van der Waals surface area contributed by atoms with Crippen LogP contribution in [-0.4, -0.2) is 61.8 Å². The Morgan fingerprint density at radius 3 is 2.02 bits per heavy atom. The standard InChI is InChI=1S/C34H40N4O5/c1-26(36(23-27-11-4-2-5-12-27)24-28-13-6-3-7-14-28)25-43-34(42)35-21-18-29(19-22-35)38-31-16-9-8-15-30(31)37(33(38)41)20-10-17-32(39)40/h2-9,11-16,26,29H,10,17-25H2,1H3,(H,39,40)/t26-/m0/s1. The molecular formula is C34H40N4O5. The van der Waals surface area contributed by atoms with Gasteiger partial charge in [-0.3, -0.25) is 18.8 Å². The van der Waals surface area contributed by atoms with E-state index in [0.29, 0.717) is 38.9 Å². The molecule has 3 aromatic carbocycles. The lowest BCUT2D eigenvalue weighted by molar-refractivity contribution is -0.137. The number of aryl methyl sites for hydroxylation is 1. The number of hydrogen-bond acceptors (Lipinski definition) is 5. The molecule has 2 heterocycles. The summed E-state index contributed by atoms with van der Waals surface area (Å²) in [5.74, 6) is -0.870. The van der Waals surface area contributed by atoms with Crippen LogP contribution in [0.4, 0.5) is 4.79 Å². The molecule has 226 valence electrons. The summed E-state index contributed by atoms with van der Waals surface area (Å²) in [6.07, 6.45) is 1.36. The zero-order valence-electron chi connectivity index (χ0n) is 24.7. The summed E-state index contributed by atoms with van der Waals surface area (Å²) in [6, 6.07) is 28.2. The van der Waals surface area contributed by atoms with E-state index in [1.165, 1.54) is 11.1 Å². The van der Waals surface area contributed by atoms with Crippen molar-refractivity contribution in [2.24, 2.45) is 0 Å². The Hall–Kier alpha value is -4.37. The molecule has 1 fully saturated rings. The summed E-state index contributed by atoms with van der Waals surface area (Å²) >= 11 is 0. The normalized spacial score (nSPS) is 14.7. The average Bonchev–Trinajstić information content (AvgIpc) is 3.31. The second kappa shape index (κ2) is 14.2. The van der Waals surface area contributed by atoms with E-state index in [9.17, 15) is 14.4 Å². The number of carboxylic acid groups (broad SMARTS) is 1. The van der Waals surface area contributed by atoms with Gasteiger partial charge in [-0.05, 0) is 49.4 Å². The Kier molecular flexibility index (Phi) is 9.94. The van der Waals surface area contributed by atoms with E-state index in [1.807, 2.05) is 65.2 Å². The molecule has 0 radical (unpaired) electrons. The maximum Gasteiger partial charge on any atom is 0.409 e. The minimum Gasteiger partial charge on any atom is -0.481 e. The van der Waals surface area contributed by atoms with Gasteiger partial charge in [-0.1, -0.05) is 72.8 Å². The number of carbonyl (C=O) groups excluding carboxylic acids is 1. The third-order valence-electron chi connectivity index (χ3n) is 8.26. The highest BCUT2D eigenvalue weighted by Gasteiger charge is 2.28. The van der Waals surface area contributed by atoms with E-state index < -0.39 is 5.97 Å². The first-order valence-electron chi connectivity index (χ1n) is 15.1. The molecule has 1 aromatic heterocycles. The third kappa shape index (κ3) is 7.53. The number of rotatable bonds is 12. The van der Waals surface area contributed by atoms with Crippen molar-refractivity contribution in [3.05, 3.63) is 107 Å². The number of carbonyl (C=O) groups is 2.